The fourth-order valence-electron chi connectivity index (χ4n) is 0.739. The van der Waals surface area contributed by atoms with Crippen molar-refractivity contribution >= 4 is 6.21 Å². The van der Waals surface area contributed by atoms with Crippen LogP contribution in [-0.4, -0.2) is 6.21 Å². The molecule has 0 amide bonds. The van der Waals surface area contributed by atoms with Crippen LogP contribution < -0.4 is 11.2 Å². The molecule has 0 radical (unpaired) electrons. The van der Waals surface area contributed by atoms with Gasteiger partial charge in [-0.15, -0.1) is 0 Å². The summed E-state index contributed by atoms with van der Waals surface area (Å²) in [5, 5.41) is 3.75. The van der Waals surface area contributed by atoms with E-state index in [9.17, 15) is 4.39 Å². The van der Waals surface area contributed by atoms with Crippen LogP contribution in [-0.2, 0) is 0 Å². The van der Waals surface area contributed by atoms with Crippen LogP contribution in [0.25, 0.3) is 0 Å². The first-order chi connectivity index (χ1) is 6.18. The van der Waals surface area contributed by atoms with Crippen LogP contribution in [0, 0.1) is 5.82 Å². The van der Waals surface area contributed by atoms with Gasteiger partial charge in [-0.3, -0.25) is 5.43 Å². The van der Waals surface area contributed by atoms with Crippen molar-refractivity contribution in [3.63, 3.8) is 0 Å². The average molecular weight is 179 g/mol. The zero-order chi connectivity index (χ0) is 9.68. The van der Waals surface area contributed by atoms with Gasteiger partial charge in [0.1, 0.15) is 11.6 Å². The molecule has 4 heteroatoms. The minimum atomic E-state index is -0.270. The third-order valence-electron chi connectivity index (χ3n) is 1.29. The van der Waals surface area contributed by atoms with E-state index in [4.69, 9.17) is 5.73 Å². The molecule has 3 nitrogen and oxygen atoms in total. The van der Waals surface area contributed by atoms with Gasteiger partial charge in [0, 0.05) is 0 Å². The number of nitrogens with zero attached hydrogens (tertiary/aromatic N) is 1. The van der Waals surface area contributed by atoms with E-state index in [1.165, 1.54) is 18.3 Å². The summed E-state index contributed by atoms with van der Waals surface area (Å²) < 4.78 is 12.4. The summed E-state index contributed by atoms with van der Waals surface area (Å²) in [6, 6.07) is 5.94. The molecule has 1 rings (SSSR count). The number of hydrazone groups is 1. The number of nitrogens with two attached hydrogens (primary N) is 1. The zero-order valence-electron chi connectivity index (χ0n) is 7.00. The maximum absolute atomic E-state index is 12.4. The van der Waals surface area contributed by atoms with E-state index in [0.717, 1.165) is 5.56 Å². The molecule has 1 aromatic rings. The van der Waals surface area contributed by atoms with Crippen LogP contribution in [0.3, 0.4) is 0 Å². The van der Waals surface area contributed by atoms with Gasteiger partial charge in [0.15, 0.2) is 0 Å². The Bertz CT molecular complexity index is 316. The van der Waals surface area contributed by atoms with E-state index in [1.54, 1.807) is 12.1 Å². The first-order valence-corrected chi connectivity index (χ1v) is 3.67. The molecular formula is C9H10FN3. The summed E-state index contributed by atoms with van der Waals surface area (Å²) >= 11 is 0. The lowest BCUT2D eigenvalue weighted by molar-refractivity contribution is 0.628. The van der Waals surface area contributed by atoms with Crippen molar-refractivity contribution in [3.8, 4) is 0 Å². The highest BCUT2D eigenvalue weighted by Gasteiger charge is 1.88. The predicted octanol–water partition coefficient (Wildman–Crippen LogP) is 1.18. The monoisotopic (exact) mass is 179 g/mol. The summed E-state index contributed by atoms with van der Waals surface area (Å²) in [6.07, 6.45) is 1.53. The van der Waals surface area contributed by atoms with Gasteiger partial charge < -0.3 is 5.73 Å². The third kappa shape index (κ3) is 3.37. The molecular weight excluding hydrogens is 169 g/mol. The largest absolute Gasteiger partial charge is 0.385 e. The number of halogens is 1. The maximum atomic E-state index is 12.4. The number of rotatable bonds is 3. The predicted molar refractivity (Wildman–Crippen MR) is 50.5 cm³/mol. The summed E-state index contributed by atoms with van der Waals surface area (Å²) in [5.74, 6) is -0.00768. The van der Waals surface area contributed by atoms with E-state index in [0.29, 0.717) is 0 Å². The highest BCUT2D eigenvalue weighted by molar-refractivity contribution is 5.79. The van der Waals surface area contributed by atoms with Crippen LogP contribution in [0.15, 0.2) is 41.8 Å². The first kappa shape index (κ1) is 9.25. The molecule has 0 heterocycles. The molecule has 0 fully saturated rings. The Morgan fingerprint density at radius 1 is 1.46 bits per heavy atom. The molecule has 0 aliphatic carbocycles. The Kier molecular flexibility index (Phi) is 3.03. The van der Waals surface area contributed by atoms with E-state index in [1.807, 2.05) is 0 Å². The first-order valence-electron chi connectivity index (χ1n) is 3.67. The van der Waals surface area contributed by atoms with E-state index >= 15 is 0 Å². The Morgan fingerprint density at radius 3 is 2.62 bits per heavy atom. The van der Waals surface area contributed by atoms with Gasteiger partial charge in [-0.2, -0.15) is 5.10 Å². The fourth-order valence-corrected chi connectivity index (χ4v) is 0.739. The smallest absolute Gasteiger partial charge is 0.123 e. The molecule has 0 spiro atoms. The van der Waals surface area contributed by atoms with Gasteiger partial charge in [0.2, 0.25) is 0 Å². The minimum absolute atomic E-state index is 0.262. The number of nitrogens with one attached hydrogen (secondary N) is 1. The quantitative estimate of drug-likeness (QED) is 0.540. The summed E-state index contributed by atoms with van der Waals surface area (Å²) in [5.41, 5.74) is 8.46. The Labute approximate surface area is 75.8 Å². The third-order valence-corrected chi connectivity index (χ3v) is 1.29. The lowest BCUT2D eigenvalue weighted by Gasteiger charge is -1.95. The maximum Gasteiger partial charge on any atom is 0.123 e. The summed E-state index contributed by atoms with van der Waals surface area (Å²) in [4.78, 5) is 0. The normalized spacial score (nSPS) is 10.2. The lowest BCUT2D eigenvalue weighted by atomic mass is 10.2. The molecule has 0 atom stereocenters. The SMILES string of the molecule is C=C(N)N/N=C/c1ccc(F)cc1. The average Bonchev–Trinajstić information content (AvgIpc) is 2.08. The molecule has 1 aromatic carbocycles. The van der Waals surface area contributed by atoms with E-state index in [-0.39, 0.29) is 11.6 Å². The van der Waals surface area contributed by atoms with E-state index < -0.39 is 0 Å². The Morgan fingerprint density at radius 2 is 2.08 bits per heavy atom. The van der Waals surface area contributed by atoms with Crippen molar-refractivity contribution in [1.82, 2.24) is 5.43 Å². The molecule has 0 saturated carbocycles. The molecule has 0 unspecified atom stereocenters. The second-order valence-corrected chi connectivity index (χ2v) is 2.45. The van der Waals surface area contributed by atoms with Crippen LogP contribution >= 0.6 is 0 Å². The van der Waals surface area contributed by atoms with Gasteiger partial charge in [0.25, 0.3) is 0 Å². The molecule has 0 aromatic heterocycles. The second-order valence-electron chi connectivity index (χ2n) is 2.45. The Balaban J connectivity index is 2.59. The fraction of sp³-hybridized carbons (Fsp3) is 0. The number of hydrogen-bond acceptors (Lipinski definition) is 3. The van der Waals surface area contributed by atoms with Crippen LogP contribution in [0.5, 0.6) is 0 Å². The van der Waals surface area contributed by atoms with Gasteiger partial charge in [-0.25, -0.2) is 4.39 Å². The highest BCUT2D eigenvalue weighted by Crippen LogP contribution is 1.99. The van der Waals surface area contributed by atoms with Crippen molar-refractivity contribution in [2.24, 2.45) is 10.8 Å². The molecule has 0 bridgehead atoms. The number of hydrogen-bond donors (Lipinski definition) is 2. The Hall–Kier alpha value is -1.84. The molecule has 0 aliphatic rings. The zero-order valence-corrected chi connectivity index (χ0v) is 7.00. The lowest BCUT2D eigenvalue weighted by Crippen LogP contribution is -2.12. The van der Waals surface area contributed by atoms with Gasteiger partial charge in [0.05, 0.1) is 6.21 Å². The number of benzene rings is 1. The molecule has 0 saturated heterocycles. The van der Waals surface area contributed by atoms with Crippen molar-refractivity contribution in [2.45, 2.75) is 0 Å². The van der Waals surface area contributed by atoms with E-state index in [2.05, 4.69) is 17.1 Å². The van der Waals surface area contributed by atoms with Crippen LogP contribution in [0.1, 0.15) is 5.56 Å². The van der Waals surface area contributed by atoms with Crippen LogP contribution in [0.4, 0.5) is 4.39 Å². The summed E-state index contributed by atoms with van der Waals surface area (Å²) in [7, 11) is 0. The van der Waals surface area contributed by atoms with Crippen LogP contribution in [0.2, 0.25) is 0 Å². The molecule has 68 valence electrons. The molecule has 13 heavy (non-hydrogen) atoms. The van der Waals surface area contributed by atoms with Crippen molar-refractivity contribution in [3.05, 3.63) is 48.0 Å². The minimum Gasteiger partial charge on any atom is -0.385 e. The van der Waals surface area contributed by atoms with Gasteiger partial charge >= 0.3 is 0 Å². The van der Waals surface area contributed by atoms with Gasteiger partial charge in [-0.05, 0) is 17.7 Å². The standard InChI is InChI=1S/C9H10FN3/c1-7(11)13-12-6-8-2-4-9(10)5-3-8/h2-6,13H,1,11H2/b12-6+. The van der Waals surface area contributed by atoms with Crippen molar-refractivity contribution < 1.29 is 4.39 Å². The van der Waals surface area contributed by atoms with Crippen molar-refractivity contribution in [2.75, 3.05) is 0 Å². The van der Waals surface area contributed by atoms with Crippen molar-refractivity contribution in [1.29, 1.82) is 0 Å². The molecule has 0 aliphatic heterocycles. The van der Waals surface area contributed by atoms with Gasteiger partial charge in [-0.1, -0.05) is 18.7 Å². The second kappa shape index (κ2) is 4.25. The summed E-state index contributed by atoms with van der Waals surface area (Å²) in [6.45, 7) is 3.39. The molecule has 3 N–H and O–H groups in total. The topological polar surface area (TPSA) is 50.4 Å². The highest BCUT2D eigenvalue weighted by atomic mass is 19.1.